The molecule has 0 aromatic rings. The van der Waals surface area contributed by atoms with Gasteiger partial charge in [0, 0.05) is 6.04 Å². The van der Waals surface area contributed by atoms with E-state index < -0.39 is 0 Å². The lowest BCUT2D eigenvalue weighted by molar-refractivity contribution is 0.239. The second kappa shape index (κ2) is 12.4. The molecule has 1 aliphatic carbocycles. The minimum Gasteiger partial charge on any atom is -0.314 e. The van der Waals surface area contributed by atoms with Crippen molar-refractivity contribution in [1.29, 1.82) is 0 Å². The highest BCUT2D eigenvalue weighted by Crippen LogP contribution is 2.17. The maximum absolute atomic E-state index is 3.76. The van der Waals surface area contributed by atoms with Crippen LogP contribution in [0.3, 0.4) is 0 Å². The first-order chi connectivity index (χ1) is 10.3. The molecule has 0 spiro atoms. The molecule has 126 valence electrons. The summed E-state index contributed by atoms with van der Waals surface area (Å²) in [5.74, 6) is 0. The van der Waals surface area contributed by atoms with Crippen LogP contribution < -0.4 is 5.32 Å². The molecule has 1 aliphatic rings. The monoisotopic (exact) mass is 297 g/mol. The molecular weight excluding hydrogens is 258 g/mol. The standard InChI is InChI=1S/C18H39N3/c1-4-20(5-2)16-11-17-21(6-3)15-10-14-19-18-12-8-7-9-13-18/h18-19H,4-17H2,1-3H3. The summed E-state index contributed by atoms with van der Waals surface area (Å²) in [5.41, 5.74) is 0. The SMILES string of the molecule is CCN(CC)CCCN(CC)CCCNC1CCCCC1. The van der Waals surface area contributed by atoms with Crippen molar-refractivity contribution in [2.75, 3.05) is 45.8 Å². The van der Waals surface area contributed by atoms with Gasteiger partial charge in [0.05, 0.1) is 0 Å². The van der Waals surface area contributed by atoms with Crippen molar-refractivity contribution in [1.82, 2.24) is 15.1 Å². The van der Waals surface area contributed by atoms with Crippen LogP contribution in [0, 0.1) is 0 Å². The van der Waals surface area contributed by atoms with E-state index in [1.165, 1.54) is 90.8 Å². The highest BCUT2D eigenvalue weighted by molar-refractivity contribution is 4.72. The summed E-state index contributed by atoms with van der Waals surface area (Å²) in [6, 6.07) is 0.816. The lowest BCUT2D eigenvalue weighted by Crippen LogP contribution is -2.35. The molecule has 0 atom stereocenters. The normalized spacial score (nSPS) is 17.0. The minimum atomic E-state index is 0.816. The van der Waals surface area contributed by atoms with E-state index in [9.17, 15) is 0 Å². The zero-order valence-corrected chi connectivity index (χ0v) is 14.9. The van der Waals surface area contributed by atoms with Crippen LogP contribution in [0.5, 0.6) is 0 Å². The van der Waals surface area contributed by atoms with Gasteiger partial charge in [0.2, 0.25) is 0 Å². The number of hydrogen-bond donors (Lipinski definition) is 1. The number of hydrogen-bond acceptors (Lipinski definition) is 3. The average molecular weight is 298 g/mol. The summed E-state index contributed by atoms with van der Waals surface area (Å²) in [4.78, 5) is 5.14. The smallest absolute Gasteiger partial charge is 0.00670 e. The first-order valence-electron chi connectivity index (χ1n) is 9.48. The molecule has 0 amide bonds. The minimum absolute atomic E-state index is 0.816. The number of rotatable bonds is 12. The third-order valence-corrected chi connectivity index (χ3v) is 4.98. The van der Waals surface area contributed by atoms with E-state index in [2.05, 4.69) is 35.9 Å². The summed E-state index contributed by atoms with van der Waals surface area (Å²) >= 11 is 0. The summed E-state index contributed by atoms with van der Waals surface area (Å²) in [6.07, 6.45) is 9.74. The van der Waals surface area contributed by atoms with Gasteiger partial charge in [-0.2, -0.15) is 0 Å². The van der Waals surface area contributed by atoms with Gasteiger partial charge in [0.15, 0.2) is 0 Å². The first kappa shape index (κ1) is 18.9. The van der Waals surface area contributed by atoms with Gasteiger partial charge in [-0.15, -0.1) is 0 Å². The van der Waals surface area contributed by atoms with E-state index in [1.807, 2.05) is 0 Å². The van der Waals surface area contributed by atoms with Crippen LogP contribution in [0.15, 0.2) is 0 Å². The van der Waals surface area contributed by atoms with Crippen molar-refractivity contribution in [3.05, 3.63) is 0 Å². The molecule has 0 heterocycles. The van der Waals surface area contributed by atoms with Gasteiger partial charge in [-0.25, -0.2) is 0 Å². The van der Waals surface area contributed by atoms with Gasteiger partial charge in [-0.05, 0) is 71.5 Å². The molecule has 1 rings (SSSR count). The zero-order valence-electron chi connectivity index (χ0n) is 14.9. The third-order valence-electron chi connectivity index (χ3n) is 4.98. The maximum atomic E-state index is 3.76. The Labute approximate surface area is 133 Å². The molecular formula is C18H39N3. The summed E-state index contributed by atoms with van der Waals surface area (Å²) in [5, 5.41) is 3.76. The van der Waals surface area contributed by atoms with E-state index in [4.69, 9.17) is 0 Å². The van der Waals surface area contributed by atoms with Crippen LogP contribution in [0.25, 0.3) is 0 Å². The Morgan fingerprint density at radius 2 is 1.33 bits per heavy atom. The van der Waals surface area contributed by atoms with E-state index in [0.29, 0.717) is 0 Å². The third kappa shape index (κ3) is 8.80. The van der Waals surface area contributed by atoms with E-state index in [1.54, 1.807) is 0 Å². The lowest BCUT2D eigenvalue weighted by Gasteiger charge is -2.25. The lowest BCUT2D eigenvalue weighted by atomic mass is 9.95. The van der Waals surface area contributed by atoms with Gasteiger partial charge >= 0.3 is 0 Å². The molecule has 0 aliphatic heterocycles. The molecule has 0 aromatic heterocycles. The van der Waals surface area contributed by atoms with Crippen LogP contribution in [-0.2, 0) is 0 Å². The Hall–Kier alpha value is -0.120. The predicted molar refractivity (Wildman–Crippen MR) is 94.0 cm³/mol. The molecule has 1 N–H and O–H groups in total. The molecule has 3 nitrogen and oxygen atoms in total. The van der Waals surface area contributed by atoms with Crippen molar-refractivity contribution >= 4 is 0 Å². The van der Waals surface area contributed by atoms with E-state index in [-0.39, 0.29) is 0 Å². The Balaban J connectivity index is 2.02. The Morgan fingerprint density at radius 1 is 0.762 bits per heavy atom. The van der Waals surface area contributed by atoms with E-state index in [0.717, 1.165) is 6.04 Å². The molecule has 0 radical (unpaired) electrons. The second-order valence-electron chi connectivity index (χ2n) is 6.46. The Bertz CT molecular complexity index is 223. The second-order valence-corrected chi connectivity index (χ2v) is 6.46. The van der Waals surface area contributed by atoms with Gasteiger partial charge in [-0.1, -0.05) is 40.0 Å². The molecule has 0 bridgehead atoms. The molecule has 3 heteroatoms. The first-order valence-corrected chi connectivity index (χ1v) is 9.48. The Morgan fingerprint density at radius 3 is 1.95 bits per heavy atom. The van der Waals surface area contributed by atoms with Gasteiger partial charge in [0.25, 0.3) is 0 Å². The average Bonchev–Trinajstić information content (AvgIpc) is 2.54. The molecule has 0 unspecified atom stereocenters. The van der Waals surface area contributed by atoms with E-state index >= 15 is 0 Å². The summed E-state index contributed by atoms with van der Waals surface area (Å²) in [7, 11) is 0. The molecule has 21 heavy (non-hydrogen) atoms. The molecule has 1 fully saturated rings. The molecule has 0 aromatic carbocycles. The van der Waals surface area contributed by atoms with Crippen LogP contribution in [0.1, 0.15) is 65.7 Å². The summed E-state index contributed by atoms with van der Waals surface area (Å²) in [6.45, 7) is 15.4. The van der Waals surface area contributed by atoms with Crippen LogP contribution in [0.4, 0.5) is 0 Å². The number of nitrogens with zero attached hydrogens (tertiary/aromatic N) is 2. The fourth-order valence-corrected chi connectivity index (χ4v) is 3.40. The highest BCUT2D eigenvalue weighted by atomic mass is 15.1. The Kier molecular flexibility index (Phi) is 11.2. The van der Waals surface area contributed by atoms with Crippen molar-refractivity contribution in [3.63, 3.8) is 0 Å². The quantitative estimate of drug-likeness (QED) is 0.557. The predicted octanol–water partition coefficient (Wildman–Crippen LogP) is 3.35. The van der Waals surface area contributed by atoms with Crippen LogP contribution in [0.2, 0.25) is 0 Å². The van der Waals surface area contributed by atoms with Gasteiger partial charge in [0.1, 0.15) is 0 Å². The van der Waals surface area contributed by atoms with Crippen LogP contribution in [-0.4, -0.2) is 61.7 Å². The van der Waals surface area contributed by atoms with Gasteiger partial charge < -0.3 is 15.1 Å². The van der Waals surface area contributed by atoms with Gasteiger partial charge in [-0.3, -0.25) is 0 Å². The van der Waals surface area contributed by atoms with Crippen LogP contribution >= 0.6 is 0 Å². The fourth-order valence-electron chi connectivity index (χ4n) is 3.40. The topological polar surface area (TPSA) is 18.5 Å². The largest absolute Gasteiger partial charge is 0.314 e. The molecule has 1 saturated carbocycles. The summed E-state index contributed by atoms with van der Waals surface area (Å²) < 4.78 is 0. The maximum Gasteiger partial charge on any atom is 0.00670 e. The number of nitrogens with one attached hydrogen (secondary N) is 1. The van der Waals surface area contributed by atoms with Crippen molar-refractivity contribution < 1.29 is 0 Å². The van der Waals surface area contributed by atoms with Crippen molar-refractivity contribution in [3.8, 4) is 0 Å². The van der Waals surface area contributed by atoms with Crippen molar-refractivity contribution in [2.45, 2.75) is 71.8 Å². The highest BCUT2D eigenvalue weighted by Gasteiger charge is 2.12. The fraction of sp³-hybridized carbons (Fsp3) is 1.00. The van der Waals surface area contributed by atoms with Crippen molar-refractivity contribution in [2.24, 2.45) is 0 Å². The molecule has 0 saturated heterocycles. The zero-order chi connectivity index (χ0) is 15.3.